The molecule has 1 aliphatic rings. The average molecular weight is 224 g/mol. The van der Waals surface area contributed by atoms with Crippen LogP contribution in [0.25, 0.3) is 0 Å². The molecule has 0 amide bonds. The van der Waals surface area contributed by atoms with E-state index in [1.807, 2.05) is 0 Å². The second kappa shape index (κ2) is 5.17. The highest BCUT2D eigenvalue weighted by Crippen LogP contribution is 2.22. The predicted molar refractivity (Wildman–Crippen MR) is 46.5 cm³/mol. The van der Waals surface area contributed by atoms with E-state index in [-0.39, 0.29) is 0 Å². The molecule has 0 aromatic heterocycles. The van der Waals surface area contributed by atoms with Crippen molar-refractivity contribution in [2.75, 3.05) is 6.61 Å². The first kappa shape index (κ1) is 12.8. The summed E-state index contributed by atoms with van der Waals surface area (Å²) >= 11 is 0. The summed E-state index contributed by atoms with van der Waals surface area (Å²) in [5.74, 6) is 0. The van der Waals surface area contributed by atoms with Crippen LogP contribution in [-0.4, -0.2) is 69.1 Å². The van der Waals surface area contributed by atoms with E-state index in [0.29, 0.717) is 0 Å². The SMILES string of the molecule is CC(O)O[C@@H]1O[C@H](CO)[C@@H](O)[C@H](O)[C@@H]1O. The molecule has 90 valence electrons. The fourth-order valence-electron chi connectivity index (χ4n) is 1.37. The van der Waals surface area contributed by atoms with Crippen molar-refractivity contribution in [2.24, 2.45) is 0 Å². The molecular formula is C8H16O7. The highest BCUT2D eigenvalue weighted by molar-refractivity contribution is 4.88. The molecule has 0 aliphatic carbocycles. The smallest absolute Gasteiger partial charge is 0.189 e. The number of hydrogen-bond acceptors (Lipinski definition) is 7. The molecule has 5 N–H and O–H groups in total. The van der Waals surface area contributed by atoms with Gasteiger partial charge in [-0.3, -0.25) is 0 Å². The van der Waals surface area contributed by atoms with Crippen molar-refractivity contribution in [1.29, 1.82) is 0 Å². The fraction of sp³-hybridized carbons (Fsp3) is 1.00. The van der Waals surface area contributed by atoms with Gasteiger partial charge in [-0.25, -0.2) is 0 Å². The Hall–Kier alpha value is -0.280. The minimum atomic E-state index is -1.49. The first-order valence-electron chi connectivity index (χ1n) is 4.61. The normalized spacial score (nSPS) is 44.0. The molecule has 7 nitrogen and oxygen atoms in total. The van der Waals surface area contributed by atoms with E-state index < -0.39 is 43.6 Å². The molecule has 1 saturated heterocycles. The van der Waals surface area contributed by atoms with Gasteiger partial charge in [-0.15, -0.1) is 0 Å². The van der Waals surface area contributed by atoms with Crippen LogP contribution in [0.5, 0.6) is 0 Å². The van der Waals surface area contributed by atoms with Gasteiger partial charge in [-0.2, -0.15) is 0 Å². The van der Waals surface area contributed by atoms with Gasteiger partial charge in [0.2, 0.25) is 0 Å². The minimum Gasteiger partial charge on any atom is -0.394 e. The number of hydrogen-bond donors (Lipinski definition) is 5. The second-order valence-electron chi connectivity index (χ2n) is 3.43. The fourth-order valence-corrected chi connectivity index (χ4v) is 1.37. The maximum Gasteiger partial charge on any atom is 0.189 e. The molecule has 6 atom stereocenters. The van der Waals surface area contributed by atoms with Crippen LogP contribution in [0.4, 0.5) is 0 Å². The maximum absolute atomic E-state index is 9.42. The molecule has 0 spiro atoms. The molecule has 15 heavy (non-hydrogen) atoms. The Morgan fingerprint density at radius 2 is 1.80 bits per heavy atom. The maximum atomic E-state index is 9.42. The lowest BCUT2D eigenvalue weighted by atomic mass is 9.99. The van der Waals surface area contributed by atoms with E-state index in [0.717, 1.165) is 0 Å². The monoisotopic (exact) mass is 224 g/mol. The third kappa shape index (κ3) is 2.85. The summed E-state index contributed by atoms with van der Waals surface area (Å²) in [6.45, 7) is 0.784. The van der Waals surface area contributed by atoms with Gasteiger partial charge < -0.3 is 35.0 Å². The molecule has 0 aromatic rings. The van der Waals surface area contributed by atoms with Gasteiger partial charge in [-0.1, -0.05) is 0 Å². The zero-order valence-electron chi connectivity index (χ0n) is 8.22. The van der Waals surface area contributed by atoms with Crippen LogP contribution >= 0.6 is 0 Å². The molecule has 0 aromatic carbocycles. The van der Waals surface area contributed by atoms with Crippen molar-refractivity contribution in [3.63, 3.8) is 0 Å². The van der Waals surface area contributed by atoms with Gasteiger partial charge in [0.1, 0.15) is 24.4 Å². The Morgan fingerprint density at radius 3 is 2.27 bits per heavy atom. The minimum absolute atomic E-state index is 0.523. The van der Waals surface area contributed by atoms with Gasteiger partial charge in [0, 0.05) is 0 Å². The molecule has 1 rings (SSSR count). The summed E-state index contributed by atoms with van der Waals surface area (Å²) in [6, 6.07) is 0. The first-order chi connectivity index (χ1) is 6.97. The standard InChI is InChI=1S/C8H16O7/c1-3(10)14-8-7(13)6(12)5(11)4(2-9)15-8/h3-13H,2H2,1H3/t3?,4-,5-,6+,7+,8-/m1/s1. The van der Waals surface area contributed by atoms with Crippen LogP contribution in [0, 0.1) is 0 Å². The van der Waals surface area contributed by atoms with Crippen LogP contribution in [0.2, 0.25) is 0 Å². The van der Waals surface area contributed by atoms with E-state index in [1.54, 1.807) is 0 Å². The van der Waals surface area contributed by atoms with Crippen LogP contribution in [0.3, 0.4) is 0 Å². The number of aliphatic hydroxyl groups excluding tert-OH is 5. The van der Waals surface area contributed by atoms with Crippen molar-refractivity contribution in [1.82, 2.24) is 0 Å². The second-order valence-corrected chi connectivity index (χ2v) is 3.43. The Kier molecular flexibility index (Phi) is 4.41. The molecule has 1 unspecified atom stereocenters. The highest BCUT2D eigenvalue weighted by atomic mass is 16.7. The summed E-state index contributed by atoms with van der Waals surface area (Å²) < 4.78 is 9.70. The Bertz CT molecular complexity index is 195. The van der Waals surface area contributed by atoms with Crippen molar-refractivity contribution in [2.45, 2.75) is 43.9 Å². The van der Waals surface area contributed by atoms with E-state index >= 15 is 0 Å². The lowest BCUT2D eigenvalue weighted by Crippen LogP contribution is -2.59. The van der Waals surface area contributed by atoms with E-state index in [2.05, 4.69) is 0 Å². The van der Waals surface area contributed by atoms with Gasteiger partial charge in [0.05, 0.1) is 6.61 Å². The lowest BCUT2D eigenvalue weighted by molar-refractivity contribution is -0.328. The molecule has 0 saturated carbocycles. The van der Waals surface area contributed by atoms with E-state index in [9.17, 15) is 15.3 Å². The number of aliphatic hydroxyl groups is 5. The Labute approximate surface area is 86.5 Å². The van der Waals surface area contributed by atoms with Gasteiger partial charge in [0.25, 0.3) is 0 Å². The van der Waals surface area contributed by atoms with Gasteiger partial charge >= 0.3 is 0 Å². The third-order valence-electron chi connectivity index (χ3n) is 2.18. The summed E-state index contributed by atoms with van der Waals surface area (Å²) in [6.07, 6.45) is -7.87. The molecular weight excluding hydrogens is 208 g/mol. The molecule has 7 heteroatoms. The van der Waals surface area contributed by atoms with Gasteiger partial charge in [0.15, 0.2) is 12.6 Å². The zero-order chi connectivity index (χ0) is 11.6. The third-order valence-corrected chi connectivity index (χ3v) is 2.18. The average Bonchev–Trinajstić information content (AvgIpc) is 2.18. The lowest BCUT2D eigenvalue weighted by Gasteiger charge is -2.39. The summed E-state index contributed by atoms with van der Waals surface area (Å²) in [5.41, 5.74) is 0. The quantitative estimate of drug-likeness (QED) is 0.327. The van der Waals surface area contributed by atoms with E-state index in [1.165, 1.54) is 6.92 Å². The number of rotatable bonds is 3. The topological polar surface area (TPSA) is 120 Å². The molecule has 0 bridgehead atoms. The van der Waals surface area contributed by atoms with Crippen molar-refractivity contribution in [3.8, 4) is 0 Å². The molecule has 1 aliphatic heterocycles. The van der Waals surface area contributed by atoms with Crippen LogP contribution < -0.4 is 0 Å². The number of ether oxygens (including phenoxy) is 2. The summed E-state index contributed by atoms with van der Waals surface area (Å²) in [5, 5.41) is 45.9. The molecule has 1 fully saturated rings. The summed E-state index contributed by atoms with van der Waals surface area (Å²) in [4.78, 5) is 0. The van der Waals surface area contributed by atoms with Crippen molar-refractivity contribution >= 4 is 0 Å². The van der Waals surface area contributed by atoms with Crippen LogP contribution in [-0.2, 0) is 9.47 Å². The van der Waals surface area contributed by atoms with Crippen LogP contribution in [0.15, 0.2) is 0 Å². The highest BCUT2D eigenvalue weighted by Gasteiger charge is 2.44. The Morgan fingerprint density at radius 1 is 1.20 bits per heavy atom. The van der Waals surface area contributed by atoms with Crippen LogP contribution in [0.1, 0.15) is 6.92 Å². The van der Waals surface area contributed by atoms with Gasteiger partial charge in [-0.05, 0) is 6.92 Å². The largest absolute Gasteiger partial charge is 0.394 e. The van der Waals surface area contributed by atoms with Crippen molar-refractivity contribution in [3.05, 3.63) is 0 Å². The Balaban J connectivity index is 2.65. The summed E-state index contributed by atoms with van der Waals surface area (Å²) in [7, 11) is 0. The zero-order valence-corrected chi connectivity index (χ0v) is 8.22. The predicted octanol–water partition coefficient (Wildman–Crippen LogP) is -2.86. The van der Waals surface area contributed by atoms with E-state index in [4.69, 9.17) is 19.7 Å². The first-order valence-corrected chi connectivity index (χ1v) is 4.61. The molecule has 0 radical (unpaired) electrons. The molecule has 1 heterocycles. The van der Waals surface area contributed by atoms with Crippen molar-refractivity contribution < 1.29 is 35.0 Å².